The third kappa shape index (κ3) is 4.65. The van der Waals surface area contributed by atoms with Crippen molar-refractivity contribution in [1.29, 1.82) is 0 Å². The van der Waals surface area contributed by atoms with Crippen molar-refractivity contribution < 1.29 is 23.6 Å². The van der Waals surface area contributed by atoms with Gasteiger partial charge in [-0.05, 0) is 30.5 Å². The van der Waals surface area contributed by atoms with Crippen LogP contribution in [0.4, 0.5) is 14.0 Å². The number of carbonyl (C=O) groups excluding carboxylic acids is 4. The van der Waals surface area contributed by atoms with Gasteiger partial charge in [-0.25, -0.2) is 14.0 Å². The Morgan fingerprint density at radius 2 is 1.82 bits per heavy atom. The summed E-state index contributed by atoms with van der Waals surface area (Å²) in [5.41, 5.74) is -0.907. The van der Waals surface area contributed by atoms with Gasteiger partial charge in [-0.2, -0.15) is 0 Å². The first kappa shape index (κ1) is 21.3. The van der Waals surface area contributed by atoms with Gasteiger partial charge in [0.25, 0.3) is 5.91 Å². The fourth-order valence-corrected chi connectivity index (χ4v) is 3.05. The lowest BCUT2D eigenvalue weighted by Crippen LogP contribution is -2.47. The third-order valence-electron chi connectivity index (χ3n) is 4.51. The number of amides is 6. The maximum absolute atomic E-state index is 13.3. The molecule has 28 heavy (non-hydrogen) atoms. The molecular weight excluding hydrogens is 367 g/mol. The molecule has 1 aliphatic rings. The molecule has 2 rings (SSSR count). The van der Waals surface area contributed by atoms with E-state index in [0.29, 0.717) is 31.4 Å². The lowest BCUT2D eigenvalue weighted by molar-refractivity contribution is -0.135. The second kappa shape index (κ2) is 9.29. The molecule has 8 nitrogen and oxygen atoms in total. The Bertz CT molecular complexity index is 753. The quantitative estimate of drug-likeness (QED) is 0.588. The first-order valence-electron chi connectivity index (χ1n) is 9.32. The molecule has 1 aromatic carbocycles. The minimum absolute atomic E-state index is 0.314. The van der Waals surface area contributed by atoms with Crippen LogP contribution in [-0.2, 0) is 15.1 Å². The number of imide groups is 2. The molecule has 3 N–H and O–H groups in total. The van der Waals surface area contributed by atoms with E-state index in [1.165, 1.54) is 24.3 Å². The van der Waals surface area contributed by atoms with E-state index < -0.39 is 41.8 Å². The average molecular weight is 392 g/mol. The summed E-state index contributed by atoms with van der Waals surface area (Å²) in [6, 6.07) is 3.92. The molecule has 152 valence electrons. The first-order chi connectivity index (χ1) is 13.3. The number of urea groups is 2. The Morgan fingerprint density at radius 1 is 1.14 bits per heavy atom. The van der Waals surface area contributed by atoms with Crippen LogP contribution < -0.4 is 16.0 Å². The Balaban J connectivity index is 2.18. The molecule has 0 bridgehead atoms. The second-order valence-corrected chi connectivity index (χ2v) is 6.64. The van der Waals surface area contributed by atoms with Crippen LogP contribution in [0, 0.1) is 5.82 Å². The molecule has 9 heteroatoms. The van der Waals surface area contributed by atoms with Crippen LogP contribution in [0.15, 0.2) is 24.3 Å². The van der Waals surface area contributed by atoms with Gasteiger partial charge in [0.2, 0.25) is 5.91 Å². The van der Waals surface area contributed by atoms with Gasteiger partial charge < -0.3 is 10.6 Å². The summed E-state index contributed by atoms with van der Waals surface area (Å²) in [5.74, 6) is -1.83. The van der Waals surface area contributed by atoms with Crippen molar-refractivity contribution in [2.24, 2.45) is 0 Å². The van der Waals surface area contributed by atoms with Crippen molar-refractivity contribution >= 4 is 23.9 Å². The Kier molecular flexibility index (Phi) is 7.08. The van der Waals surface area contributed by atoms with Crippen molar-refractivity contribution in [3.05, 3.63) is 35.6 Å². The maximum atomic E-state index is 13.3. The summed E-state index contributed by atoms with van der Waals surface area (Å²) in [5, 5.41) is 7.23. The number of nitrogens with zero attached hydrogens (tertiary/aromatic N) is 1. The van der Waals surface area contributed by atoms with Gasteiger partial charge in [0, 0.05) is 6.54 Å². The highest BCUT2D eigenvalue weighted by Crippen LogP contribution is 2.34. The Morgan fingerprint density at radius 3 is 2.43 bits per heavy atom. The number of halogens is 1. The van der Waals surface area contributed by atoms with Crippen LogP contribution in [-0.4, -0.2) is 41.9 Å². The normalized spacial score (nSPS) is 18.8. The van der Waals surface area contributed by atoms with Crippen molar-refractivity contribution in [3.8, 4) is 0 Å². The fourth-order valence-electron chi connectivity index (χ4n) is 3.05. The predicted molar refractivity (Wildman–Crippen MR) is 99.7 cm³/mol. The van der Waals surface area contributed by atoms with Crippen molar-refractivity contribution in [2.45, 2.75) is 45.1 Å². The number of hydrogen-bond donors (Lipinski definition) is 3. The van der Waals surface area contributed by atoms with Crippen LogP contribution >= 0.6 is 0 Å². The third-order valence-corrected chi connectivity index (χ3v) is 4.51. The van der Waals surface area contributed by atoms with E-state index >= 15 is 0 Å². The molecule has 1 aromatic rings. The molecule has 1 saturated heterocycles. The Labute approximate surface area is 162 Å². The second-order valence-electron chi connectivity index (χ2n) is 6.64. The number of nitrogens with one attached hydrogen (secondary N) is 3. The molecule has 0 saturated carbocycles. The summed E-state index contributed by atoms with van der Waals surface area (Å²) < 4.78 is 13.3. The summed E-state index contributed by atoms with van der Waals surface area (Å²) in [4.78, 5) is 50.0. The van der Waals surface area contributed by atoms with E-state index in [2.05, 4.69) is 16.0 Å². The number of unbranched alkanes of at least 4 members (excludes halogenated alkanes) is 1. The van der Waals surface area contributed by atoms with Crippen molar-refractivity contribution in [2.75, 3.05) is 13.1 Å². The van der Waals surface area contributed by atoms with Gasteiger partial charge in [-0.1, -0.05) is 38.8 Å². The topological polar surface area (TPSA) is 108 Å². The molecule has 1 fully saturated rings. The number of carbonyl (C=O) groups is 4. The lowest BCUT2D eigenvalue weighted by Gasteiger charge is -2.27. The zero-order valence-corrected chi connectivity index (χ0v) is 16.0. The number of hydrogen-bond acceptors (Lipinski definition) is 4. The van der Waals surface area contributed by atoms with Gasteiger partial charge in [0.05, 0.1) is 0 Å². The van der Waals surface area contributed by atoms with Crippen LogP contribution in [0.25, 0.3) is 0 Å². The summed E-state index contributed by atoms with van der Waals surface area (Å²) in [6.45, 7) is 3.62. The van der Waals surface area contributed by atoms with Crippen LogP contribution in [0.1, 0.15) is 45.1 Å². The first-order valence-corrected chi connectivity index (χ1v) is 9.32. The smallest absolute Gasteiger partial charge is 0.325 e. The van der Waals surface area contributed by atoms with Crippen LogP contribution in [0.5, 0.6) is 0 Å². The largest absolute Gasteiger partial charge is 0.338 e. The average Bonchev–Trinajstić information content (AvgIpc) is 2.90. The molecule has 1 heterocycles. The number of rotatable bonds is 8. The molecule has 0 radical (unpaired) electrons. The SMILES string of the molecule is CCCC[C@]1(c2ccc(F)cc2)NC(=O)N(CC(=O)NC(=O)NCCC)C1=O. The molecular formula is C19H25FN4O4. The molecule has 6 amide bonds. The van der Waals surface area contributed by atoms with Gasteiger partial charge >= 0.3 is 12.1 Å². The van der Waals surface area contributed by atoms with Gasteiger partial charge in [-0.3, -0.25) is 19.8 Å². The van der Waals surface area contributed by atoms with Gasteiger partial charge in [0.1, 0.15) is 17.9 Å². The molecule has 1 aliphatic heterocycles. The highest BCUT2D eigenvalue weighted by molar-refractivity contribution is 6.10. The summed E-state index contributed by atoms with van der Waals surface area (Å²) in [7, 11) is 0. The highest BCUT2D eigenvalue weighted by atomic mass is 19.1. The minimum Gasteiger partial charge on any atom is -0.338 e. The van der Waals surface area contributed by atoms with E-state index in [-0.39, 0.29) is 0 Å². The van der Waals surface area contributed by atoms with Gasteiger partial charge in [-0.15, -0.1) is 0 Å². The fraction of sp³-hybridized carbons (Fsp3) is 0.474. The zero-order chi connectivity index (χ0) is 20.7. The standard InChI is InChI=1S/C19H25FN4O4/c1-3-5-10-19(13-6-8-14(20)9-7-13)16(26)24(18(28)23-19)12-15(25)22-17(27)21-11-4-2/h6-9H,3-5,10-12H2,1-2H3,(H,23,28)(H2,21,22,25,27)/t19-/m1/s1. The van der Waals surface area contributed by atoms with Gasteiger partial charge in [0.15, 0.2) is 0 Å². The molecule has 0 unspecified atom stereocenters. The monoisotopic (exact) mass is 392 g/mol. The van der Waals surface area contributed by atoms with E-state index in [0.717, 1.165) is 11.3 Å². The predicted octanol–water partition coefficient (Wildman–Crippen LogP) is 2.00. The number of benzene rings is 1. The van der Waals surface area contributed by atoms with Crippen molar-refractivity contribution in [3.63, 3.8) is 0 Å². The molecule has 1 atom stereocenters. The zero-order valence-electron chi connectivity index (χ0n) is 16.0. The molecule has 0 spiro atoms. The van der Waals surface area contributed by atoms with Crippen molar-refractivity contribution in [1.82, 2.24) is 20.9 Å². The summed E-state index contributed by atoms with van der Waals surface area (Å²) in [6.07, 6.45) is 2.44. The lowest BCUT2D eigenvalue weighted by atomic mass is 9.85. The van der Waals surface area contributed by atoms with E-state index in [1.54, 1.807) is 0 Å². The van der Waals surface area contributed by atoms with Crippen LogP contribution in [0.3, 0.4) is 0 Å². The van der Waals surface area contributed by atoms with Crippen LogP contribution in [0.2, 0.25) is 0 Å². The highest BCUT2D eigenvalue weighted by Gasteiger charge is 2.52. The molecule has 0 aliphatic carbocycles. The molecule has 0 aromatic heterocycles. The maximum Gasteiger partial charge on any atom is 0.325 e. The van der Waals surface area contributed by atoms with E-state index in [9.17, 15) is 23.6 Å². The van der Waals surface area contributed by atoms with E-state index in [1.807, 2.05) is 13.8 Å². The summed E-state index contributed by atoms with van der Waals surface area (Å²) >= 11 is 0. The minimum atomic E-state index is -1.36. The Hall–Kier alpha value is -2.97. The van der Waals surface area contributed by atoms with E-state index in [4.69, 9.17) is 0 Å².